The maximum absolute atomic E-state index is 12.8. The normalized spacial score (nSPS) is 13.7. The van der Waals surface area contributed by atoms with Crippen molar-refractivity contribution >= 4 is 17.6 Å². The van der Waals surface area contributed by atoms with Crippen LogP contribution in [-0.4, -0.2) is 39.5 Å². The zero-order valence-corrected chi connectivity index (χ0v) is 17.0. The van der Waals surface area contributed by atoms with E-state index >= 15 is 0 Å². The van der Waals surface area contributed by atoms with E-state index in [9.17, 15) is 9.59 Å². The van der Waals surface area contributed by atoms with Crippen molar-refractivity contribution in [1.82, 2.24) is 0 Å². The van der Waals surface area contributed by atoms with Crippen LogP contribution in [0.5, 0.6) is 28.7 Å². The van der Waals surface area contributed by atoms with Crippen LogP contribution in [0, 0.1) is 6.92 Å². The third-order valence-corrected chi connectivity index (χ3v) is 4.45. The van der Waals surface area contributed by atoms with Gasteiger partial charge in [0.2, 0.25) is 11.5 Å². The number of carbonyl (C=O) groups is 2. The van der Waals surface area contributed by atoms with Crippen LogP contribution >= 0.6 is 0 Å². The number of Topliss-reactive ketones (excluding diaryl/α,β-unsaturated/α-hetero) is 2. The topological polar surface area (TPSA) is 80.3 Å². The minimum absolute atomic E-state index is 0.0400. The Morgan fingerprint density at radius 1 is 1.03 bits per heavy atom. The number of hydrogen-bond acceptors (Lipinski definition) is 7. The molecule has 1 aliphatic rings. The molecule has 0 atom stereocenters. The van der Waals surface area contributed by atoms with Gasteiger partial charge in [0.15, 0.2) is 23.0 Å². The first-order chi connectivity index (χ1) is 13.9. The van der Waals surface area contributed by atoms with Gasteiger partial charge in [0.1, 0.15) is 18.1 Å². The fourth-order valence-electron chi connectivity index (χ4n) is 3.04. The van der Waals surface area contributed by atoms with E-state index in [-0.39, 0.29) is 23.9 Å². The van der Waals surface area contributed by atoms with Gasteiger partial charge in [-0.2, -0.15) is 0 Å². The molecular formula is C22H22O7. The predicted molar refractivity (Wildman–Crippen MR) is 106 cm³/mol. The molecule has 0 N–H and O–H groups in total. The Hall–Kier alpha value is -3.48. The fourth-order valence-corrected chi connectivity index (χ4v) is 3.04. The molecule has 0 amide bonds. The van der Waals surface area contributed by atoms with E-state index in [1.807, 2.05) is 0 Å². The molecule has 29 heavy (non-hydrogen) atoms. The van der Waals surface area contributed by atoms with Gasteiger partial charge < -0.3 is 23.7 Å². The minimum atomic E-state index is -0.241. The van der Waals surface area contributed by atoms with E-state index in [1.54, 1.807) is 37.3 Å². The quantitative estimate of drug-likeness (QED) is 0.659. The lowest BCUT2D eigenvalue weighted by Gasteiger charge is -2.13. The number of carbonyl (C=O) groups excluding carboxylic acids is 2. The van der Waals surface area contributed by atoms with Crippen LogP contribution in [0.2, 0.25) is 0 Å². The van der Waals surface area contributed by atoms with E-state index in [0.29, 0.717) is 45.4 Å². The third-order valence-electron chi connectivity index (χ3n) is 4.45. The molecule has 0 saturated carbocycles. The van der Waals surface area contributed by atoms with Gasteiger partial charge in [-0.05, 0) is 49.8 Å². The van der Waals surface area contributed by atoms with Crippen LogP contribution < -0.4 is 23.7 Å². The van der Waals surface area contributed by atoms with Crippen molar-refractivity contribution in [3.63, 3.8) is 0 Å². The van der Waals surface area contributed by atoms with Gasteiger partial charge in [0.25, 0.3) is 0 Å². The number of rotatable bonds is 7. The molecule has 0 aromatic heterocycles. The second-order valence-corrected chi connectivity index (χ2v) is 6.45. The molecule has 152 valence electrons. The molecular weight excluding hydrogens is 376 g/mol. The lowest BCUT2D eigenvalue weighted by Crippen LogP contribution is -2.07. The molecule has 2 aromatic carbocycles. The summed E-state index contributed by atoms with van der Waals surface area (Å²) in [6.07, 6.45) is 1.61. The average molecular weight is 398 g/mol. The highest BCUT2D eigenvalue weighted by molar-refractivity contribution is 6.15. The highest BCUT2D eigenvalue weighted by Gasteiger charge is 2.30. The van der Waals surface area contributed by atoms with Crippen molar-refractivity contribution < 1.29 is 33.3 Å². The van der Waals surface area contributed by atoms with E-state index in [2.05, 4.69) is 0 Å². The summed E-state index contributed by atoms with van der Waals surface area (Å²) in [5.41, 5.74) is 1.75. The third kappa shape index (κ3) is 3.89. The second kappa shape index (κ2) is 8.26. The summed E-state index contributed by atoms with van der Waals surface area (Å²) in [6.45, 7) is 3.19. The van der Waals surface area contributed by atoms with Crippen molar-refractivity contribution in [2.45, 2.75) is 13.8 Å². The van der Waals surface area contributed by atoms with E-state index < -0.39 is 0 Å². The van der Waals surface area contributed by atoms with Crippen molar-refractivity contribution in [2.24, 2.45) is 0 Å². The minimum Gasteiger partial charge on any atom is -0.493 e. The Morgan fingerprint density at radius 3 is 2.24 bits per heavy atom. The number of ketones is 2. The Morgan fingerprint density at radius 2 is 1.69 bits per heavy atom. The zero-order valence-electron chi connectivity index (χ0n) is 17.0. The Bertz CT molecular complexity index is 979. The molecule has 0 fully saturated rings. The zero-order chi connectivity index (χ0) is 21.1. The summed E-state index contributed by atoms with van der Waals surface area (Å²) in [4.78, 5) is 24.0. The molecule has 1 heterocycles. The predicted octanol–water partition coefficient (Wildman–Crippen LogP) is 3.60. The second-order valence-electron chi connectivity index (χ2n) is 6.45. The molecule has 0 unspecified atom stereocenters. The highest BCUT2D eigenvalue weighted by atomic mass is 16.5. The van der Waals surface area contributed by atoms with Gasteiger partial charge in [-0.15, -0.1) is 0 Å². The number of fused-ring (bicyclic) bond motifs is 1. The molecule has 1 aliphatic heterocycles. The van der Waals surface area contributed by atoms with Crippen LogP contribution in [0.1, 0.15) is 28.4 Å². The Labute approximate surface area is 168 Å². The molecule has 7 heteroatoms. The van der Waals surface area contributed by atoms with Crippen LogP contribution in [0.3, 0.4) is 0 Å². The summed E-state index contributed by atoms with van der Waals surface area (Å²) in [5.74, 6) is 2.16. The SMILES string of the molecule is COc1cc(/C=C2\Oc3c(ccc(OCC(C)=O)c3C)C2=O)cc(OC)c1OC. The van der Waals surface area contributed by atoms with Crippen molar-refractivity contribution in [1.29, 1.82) is 0 Å². The molecule has 7 nitrogen and oxygen atoms in total. The maximum atomic E-state index is 12.8. The smallest absolute Gasteiger partial charge is 0.231 e. The van der Waals surface area contributed by atoms with Gasteiger partial charge in [0, 0.05) is 5.56 Å². The summed E-state index contributed by atoms with van der Waals surface area (Å²) in [7, 11) is 4.56. The lowest BCUT2D eigenvalue weighted by atomic mass is 10.1. The number of hydrogen-bond donors (Lipinski definition) is 0. The summed E-state index contributed by atoms with van der Waals surface area (Å²) < 4.78 is 27.3. The lowest BCUT2D eigenvalue weighted by molar-refractivity contribution is -0.118. The van der Waals surface area contributed by atoms with Crippen LogP contribution in [-0.2, 0) is 4.79 Å². The van der Waals surface area contributed by atoms with Gasteiger partial charge in [0.05, 0.1) is 26.9 Å². The van der Waals surface area contributed by atoms with Crippen LogP contribution in [0.15, 0.2) is 30.0 Å². The number of ether oxygens (including phenoxy) is 5. The standard InChI is InChI=1S/C22H22O7/c1-12(23)11-28-16-7-6-15-20(24)17(29-21(15)13(16)2)8-14-9-18(25-3)22(27-5)19(10-14)26-4/h6-10H,11H2,1-5H3/b17-8-. The first kappa shape index (κ1) is 20.3. The van der Waals surface area contributed by atoms with Crippen LogP contribution in [0.4, 0.5) is 0 Å². The van der Waals surface area contributed by atoms with Gasteiger partial charge in [-0.1, -0.05) is 0 Å². The largest absolute Gasteiger partial charge is 0.493 e. The maximum Gasteiger partial charge on any atom is 0.231 e. The molecule has 0 radical (unpaired) electrons. The van der Waals surface area contributed by atoms with Gasteiger partial charge in [-0.25, -0.2) is 0 Å². The molecule has 0 bridgehead atoms. The Kier molecular flexibility index (Phi) is 5.77. The summed E-state index contributed by atoms with van der Waals surface area (Å²) in [6, 6.07) is 6.75. The van der Waals surface area contributed by atoms with Crippen LogP contribution in [0.25, 0.3) is 6.08 Å². The molecule has 0 aliphatic carbocycles. The first-order valence-electron chi connectivity index (χ1n) is 8.89. The van der Waals surface area contributed by atoms with Crippen molar-refractivity contribution in [3.05, 3.63) is 46.7 Å². The van der Waals surface area contributed by atoms with E-state index in [4.69, 9.17) is 23.7 Å². The molecule has 0 saturated heterocycles. The molecule has 0 spiro atoms. The number of allylic oxidation sites excluding steroid dienone is 1. The Balaban J connectivity index is 1.97. The van der Waals surface area contributed by atoms with Gasteiger partial charge in [-0.3, -0.25) is 9.59 Å². The fraction of sp³-hybridized carbons (Fsp3) is 0.273. The van der Waals surface area contributed by atoms with E-state index in [0.717, 1.165) is 0 Å². The first-order valence-corrected chi connectivity index (χ1v) is 8.89. The average Bonchev–Trinajstić information content (AvgIpc) is 3.02. The highest BCUT2D eigenvalue weighted by Crippen LogP contribution is 2.41. The summed E-state index contributed by atoms with van der Waals surface area (Å²) in [5, 5.41) is 0. The van der Waals surface area contributed by atoms with E-state index in [1.165, 1.54) is 28.3 Å². The van der Waals surface area contributed by atoms with Crippen molar-refractivity contribution in [3.8, 4) is 28.7 Å². The monoisotopic (exact) mass is 398 g/mol. The number of methoxy groups -OCH3 is 3. The van der Waals surface area contributed by atoms with Gasteiger partial charge >= 0.3 is 0 Å². The molecule has 2 aromatic rings. The number of benzene rings is 2. The molecule has 3 rings (SSSR count). The van der Waals surface area contributed by atoms with Crippen molar-refractivity contribution in [2.75, 3.05) is 27.9 Å². The summed E-state index contributed by atoms with van der Waals surface area (Å²) >= 11 is 0.